The highest BCUT2D eigenvalue weighted by Gasteiger charge is 2.17. The second-order valence-electron chi connectivity index (χ2n) is 5.10. The minimum absolute atomic E-state index is 0.296. The predicted molar refractivity (Wildman–Crippen MR) is 90.9 cm³/mol. The predicted octanol–water partition coefficient (Wildman–Crippen LogP) is 2.14. The smallest absolute Gasteiger partial charge is 0.313 e. The Balaban J connectivity index is 1.60. The Hall–Kier alpha value is -3.00. The lowest BCUT2D eigenvalue weighted by atomic mass is 10.1. The van der Waals surface area contributed by atoms with Crippen molar-refractivity contribution >= 4 is 28.8 Å². The summed E-state index contributed by atoms with van der Waals surface area (Å²) in [6, 6.07) is 8.94. The highest BCUT2D eigenvalue weighted by Crippen LogP contribution is 2.15. The fraction of sp³-hybridized carbons (Fsp3) is 0.125. The number of nitrogens with zero attached hydrogens (tertiary/aromatic N) is 3. The van der Waals surface area contributed by atoms with E-state index in [1.807, 2.05) is 36.6 Å². The molecule has 8 heteroatoms. The zero-order chi connectivity index (χ0) is 16.9. The first kappa shape index (κ1) is 15.9. The molecule has 2 N–H and O–H groups in total. The molecule has 3 rings (SSSR count). The van der Waals surface area contributed by atoms with Crippen LogP contribution >= 0.6 is 11.3 Å². The van der Waals surface area contributed by atoms with Gasteiger partial charge in [0.25, 0.3) is 0 Å². The van der Waals surface area contributed by atoms with Crippen LogP contribution in [0.25, 0.3) is 5.69 Å². The van der Waals surface area contributed by atoms with Gasteiger partial charge >= 0.3 is 11.8 Å². The molecule has 0 bridgehead atoms. The van der Waals surface area contributed by atoms with Crippen molar-refractivity contribution in [2.24, 2.45) is 0 Å². The third-order valence-electron chi connectivity index (χ3n) is 3.41. The van der Waals surface area contributed by atoms with E-state index in [1.165, 1.54) is 11.3 Å². The number of hydrogen-bond acceptors (Lipinski definition) is 5. The van der Waals surface area contributed by atoms with Crippen LogP contribution in [0.2, 0.25) is 0 Å². The highest BCUT2D eigenvalue weighted by atomic mass is 32.1. The zero-order valence-corrected chi connectivity index (χ0v) is 13.7. The maximum absolute atomic E-state index is 12.0. The Morgan fingerprint density at radius 1 is 1.17 bits per heavy atom. The lowest BCUT2D eigenvalue weighted by Crippen LogP contribution is -2.36. The van der Waals surface area contributed by atoms with Gasteiger partial charge in [-0.05, 0) is 36.1 Å². The van der Waals surface area contributed by atoms with E-state index >= 15 is 0 Å². The van der Waals surface area contributed by atoms with Gasteiger partial charge < -0.3 is 10.6 Å². The monoisotopic (exact) mass is 341 g/mol. The Morgan fingerprint density at radius 2 is 1.96 bits per heavy atom. The van der Waals surface area contributed by atoms with Crippen LogP contribution in [0.1, 0.15) is 18.5 Å². The van der Waals surface area contributed by atoms with Gasteiger partial charge in [-0.1, -0.05) is 17.3 Å². The first-order valence-corrected chi connectivity index (χ1v) is 8.18. The summed E-state index contributed by atoms with van der Waals surface area (Å²) in [6.07, 6.45) is 3.35. The molecule has 1 unspecified atom stereocenters. The van der Waals surface area contributed by atoms with E-state index < -0.39 is 11.8 Å². The summed E-state index contributed by atoms with van der Waals surface area (Å²) < 4.78 is 1.64. The lowest BCUT2D eigenvalue weighted by molar-refractivity contribution is -0.136. The van der Waals surface area contributed by atoms with E-state index in [9.17, 15) is 9.59 Å². The van der Waals surface area contributed by atoms with E-state index in [2.05, 4.69) is 20.9 Å². The highest BCUT2D eigenvalue weighted by molar-refractivity contribution is 7.08. The van der Waals surface area contributed by atoms with Gasteiger partial charge in [-0.15, -0.1) is 5.10 Å². The van der Waals surface area contributed by atoms with Crippen LogP contribution in [0.4, 0.5) is 5.69 Å². The van der Waals surface area contributed by atoms with Crippen molar-refractivity contribution in [3.8, 4) is 5.69 Å². The van der Waals surface area contributed by atoms with Crippen molar-refractivity contribution in [2.75, 3.05) is 5.32 Å². The summed E-state index contributed by atoms with van der Waals surface area (Å²) in [5.74, 6) is -1.35. The number of hydrogen-bond donors (Lipinski definition) is 2. The Morgan fingerprint density at radius 3 is 2.58 bits per heavy atom. The summed E-state index contributed by atoms with van der Waals surface area (Å²) in [6.45, 7) is 1.82. The first-order chi connectivity index (χ1) is 11.6. The van der Waals surface area contributed by atoms with Crippen LogP contribution in [0.3, 0.4) is 0 Å². The molecular weight excluding hydrogens is 326 g/mol. The molecule has 2 aromatic heterocycles. The van der Waals surface area contributed by atoms with E-state index in [0.717, 1.165) is 11.3 Å². The van der Waals surface area contributed by atoms with Gasteiger partial charge in [0.15, 0.2) is 0 Å². The summed E-state index contributed by atoms with van der Waals surface area (Å²) in [5, 5.41) is 16.5. The molecule has 0 spiro atoms. The van der Waals surface area contributed by atoms with Crippen LogP contribution in [0, 0.1) is 0 Å². The van der Waals surface area contributed by atoms with Crippen molar-refractivity contribution in [3.63, 3.8) is 0 Å². The topological polar surface area (TPSA) is 88.9 Å². The number of carbonyl (C=O) groups excluding carboxylic acids is 2. The molecule has 0 saturated carbocycles. The van der Waals surface area contributed by atoms with Crippen LogP contribution in [-0.2, 0) is 9.59 Å². The number of benzene rings is 1. The number of rotatable bonds is 4. The normalized spacial score (nSPS) is 11.7. The maximum atomic E-state index is 12.0. The molecule has 2 amide bonds. The summed E-state index contributed by atoms with van der Waals surface area (Å²) in [7, 11) is 0. The molecule has 0 aliphatic rings. The SMILES string of the molecule is CC(NC(=O)C(=O)Nc1ccsc1)c1ccc(-n2ccnn2)cc1. The van der Waals surface area contributed by atoms with Crippen LogP contribution in [-0.4, -0.2) is 26.8 Å². The molecular formula is C16H15N5O2S. The van der Waals surface area contributed by atoms with Gasteiger partial charge in [0, 0.05) is 5.38 Å². The fourth-order valence-electron chi connectivity index (χ4n) is 2.13. The van der Waals surface area contributed by atoms with Crippen molar-refractivity contribution in [1.82, 2.24) is 20.3 Å². The molecule has 7 nitrogen and oxygen atoms in total. The number of thiophene rings is 1. The lowest BCUT2D eigenvalue weighted by Gasteiger charge is -2.14. The van der Waals surface area contributed by atoms with Crippen molar-refractivity contribution in [2.45, 2.75) is 13.0 Å². The summed E-state index contributed by atoms with van der Waals surface area (Å²) in [5.41, 5.74) is 2.37. The van der Waals surface area contributed by atoms with Crippen molar-refractivity contribution in [1.29, 1.82) is 0 Å². The van der Waals surface area contributed by atoms with E-state index in [4.69, 9.17) is 0 Å². The fourth-order valence-corrected chi connectivity index (χ4v) is 2.72. The third kappa shape index (κ3) is 3.66. The molecule has 2 heterocycles. The molecule has 24 heavy (non-hydrogen) atoms. The molecule has 0 saturated heterocycles. The van der Waals surface area contributed by atoms with E-state index in [0.29, 0.717) is 5.69 Å². The first-order valence-electron chi connectivity index (χ1n) is 7.24. The van der Waals surface area contributed by atoms with E-state index in [-0.39, 0.29) is 6.04 Å². The molecule has 0 aliphatic carbocycles. The molecule has 0 radical (unpaired) electrons. The van der Waals surface area contributed by atoms with Gasteiger partial charge in [-0.3, -0.25) is 9.59 Å². The van der Waals surface area contributed by atoms with Crippen molar-refractivity contribution in [3.05, 3.63) is 59.0 Å². The number of carbonyl (C=O) groups is 2. The number of anilines is 1. The molecule has 1 aromatic carbocycles. The van der Waals surface area contributed by atoms with Crippen LogP contribution in [0.5, 0.6) is 0 Å². The standard InChI is InChI=1S/C16H15N5O2S/c1-11(18-15(22)16(23)19-13-6-9-24-10-13)12-2-4-14(5-3-12)21-8-7-17-20-21/h2-11H,1H3,(H,18,22)(H,19,23). The number of amides is 2. The average molecular weight is 341 g/mol. The number of nitrogens with one attached hydrogen (secondary N) is 2. The zero-order valence-electron chi connectivity index (χ0n) is 12.8. The molecule has 122 valence electrons. The van der Waals surface area contributed by atoms with Crippen molar-refractivity contribution < 1.29 is 9.59 Å². The Kier molecular flexibility index (Phi) is 4.66. The molecule has 0 aliphatic heterocycles. The quantitative estimate of drug-likeness (QED) is 0.712. The van der Waals surface area contributed by atoms with Gasteiger partial charge in [0.2, 0.25) is 0 Å². The second-order valence-corrected chi connectivity index (χ2v) is 5.88. The third-order valence-corrected chi connectivity index (χ3v) is 4.10. The molecule has 3 aromatic rings. The summed E-state index contributed by atoms with van der Waals surface area (Å²) in [4.78, 5) is 23.8. The minimum Gasteiger partial charge on any atom is -0.341 e. The largest absolute Gasteiger partial charge is 0.341 e. The minimum atomic E-state index is -0.681. The molecule has 1 atom stereocenters. The van der Waals surface area contributed by atoms with Crippen LogP contribution < -0.4 is 10.6 Å². The molecule has 0 fully saturated rings. The Bertz CT molecular complexity index is 813. The second kappa shape index (κ2) is 7.05. The van der Waals surface area contributed by atoms with Gasteiger partial charge in [0.05, 0.1) is 29.8 Å². The van der Waals surface area contributed by atoms with E-state index in [1.54, 1.807) is 28.5 Å². The number of aromatic nitrogens is 3. The van der Waals surface area contributed by atoms with Gasteiger partial charge in [-0.25, -0.2) is 4.68 Å². The average Bonchev–Trinajstić information content (AvgIpc) is 3.28. The summed E-state index contributed by atoms with van der Waals surface area (Å²) >= 11 is 1.45. The Labute approximate surface area is 142 Å². The maximum Gasteiger partial charge on any atom is 0.313 e. The van der Waals surface area contributed by atoms with Gasteiger partial charge in [0.1, 0.15) is 0 Å². The van der Waals surface area contributed by atoms with Crippen LogP contribution in [0.15, 0.2) is 53.5 Å². The van der Waals surface area contributed by atoms with Gasteiger partial charge in [-0.2, -0.15) is 11.3 Å².